The highest BCUT2D eigenvalue weighted by Gasteiger charge is 2.25. The second-order valence-electron chi connectivity index (χ2n) is 9.22. The van der Waals surface area contributed by atoms with Gasteiger partial charge in [0.15, 0.2) is 0 Å². The zero-order valence-corrected chi connectivity index (χ0v) is 20.3. The predicted molar refractivity (Wildman–Crippen MR) is 138 cm³/mol. The lowest BCUT2D eigenvalue weighted by Gasteiger charge is -2.33. The van der Waals surface area contributed by atoms with E-state index in [2.05, 4.69) is 41.4 Å². The van der Waals surface area contributed by atoms with Crippen molar-refractivity contribution in [3.63, 3.8) is 0 Å². The van der Waals surface area contributed by atoms with Gasteiger partial charge in [-0.25, -0.2) is 9.18 Å². The van der Waals surface area contributed by atoms with E-state index in [0.29, 0.717) is 19.7 Å². The van der Waals surface area contributed by atoms with Crippen molar-refractivity contribution in [1.82, 2.24) is 9.80 Å². The summed E-state index contributed by atoms with van der Waals surface area (Å²) in [4.78, 5) is 16.9. The van der Waals surface area contributed by atoms with E-state index in [1.54, 1.807) is 11.0 Å². The normalized spacial score (nSPS) is 15.1. The van der Waals surface area contributed by atoms with E-state index in [1.807, 2.05) is 42.5 Å². The maximum absolute atomic E-state index is 13.4. The van der Waals surface area contributed by atoms with Crippen molar-refractivity contribution < 1.29 is 13.9 Å². The number of piperidine rings is 1. The lowest BCUT2D eigenvalue weighted by atomic mass is 10.1. The Bertz CT molecular complexity index is 1010. The molecule has 3 aromatic carbocycles. The number of halogens is 1. The molecule has 184 valence electrons. The first-order valence-electron chi connectivity index (χ1n) is 12.3. The van der Waals surface area contributed by atoms with Crippen molar-refractivity contribution in [3.05, 3.63) is 102 Å². The van der Waals surface area contributed by atoms with E-state index < -0.39 is 0 Å². The molecule has 1 N–H and O–H groups in total. The molecule has 0 aliphatic carbocycles. The summed E-state index contributed by atoms with van der Waals surface area (Å²) < 4.78 is 19.2. The van der Waals surface area contributed by atoms with Gasteiger partial charge in [0.25, 0.3) is 0 Å². The summed E-state index contributed by atoms with van der Waals surface area (Å²) in [5.41, 5.74) is 3.24. The van der Waals surface area contributed by atoms with E-state index in [1.165, 1.54) is 23.3 Å². The van der Waals surface area contributed by atoms with Crippen LogP contribution in [0.4, 0.5) is 14.9 Å². The van der Waals surface area contributed by atoms with Crippen LogP contribution in [0.1, 0.15) is 30.9 Å². The molecule has 1 fully saturated rings. The first-order chi connectivity index (χ1) is 17.1. The zero-order chi connectivity index (χ0) is 24.5. The van der Waals surface area contributed by atoms with Crippen LogP contribution in [0, 0.1) is 5.82 Å². The molecule has 1 aliphatic heterocycles. The summed E-state index contributed by atoms with van der Waals surface area (Å²) in [6, 6.07) is 27.5. The van der Waals surface area contributed by atoms with Gasteiger partial charge in [-0.05, 0) is 49.1 Å². The van der Waals surface area contributed by atoms with E-state index in [9.17, 15) is 9.18 Å². The number of likely N-dealkylation sites (tertiary alicyclic amines) is 1. The summed E-state index contributed by atoms with van der Waals surface area (Å²) in [6.45, 7) is 5.25. The van der Waals surface area contributed by atoms with Crippen LogP contribution >= 0.6 is 0 Å². The second-order valence-corrected chi connectivity index (χ2v) is 9.22. The Morgan fingerprint density at radius 3 is 2.14 bits per heavy atom. The maximum Gasteiger partial charge on any atom is 0.409 e. The molecule has 6 heteroatoms. The Balaban J connectivity index is 1.27. The quantitative estimate of drug-likeness (QED) is 0.417. The Hall–Kier alpha value is -3.38. The molecule has 0 bridgehead atoms. The van der Waals surface area contributed by atoms with Crippen molar-refractivity contribution in [2.24, 2.45) is 0 Å². The minimum atomic E-state index is -0.263. The van der Waals surface area contributed by atoms with Crippen LogP contribution < -0.4 is 5.32 Å². The fraction of sp³-hybridized carbons (Fsp3) is 0.345. The summed E-state index contributed by atoms with van der Waals surface area (Å²) in [5, 5.41) is 3.37. The Labute approximate surface area is 207 Å². The van der Waals surface area contributed by atoms with Crippen LogP contribution in [0.5, 0.6) is 0 Å². The molecule has 1 atom stereocenters. The van der Waals surface area contributed by atoms with E-state index in [-0.39, 0.29) is 24.0 Å². The first kappa shape index (κ1) is 24.7. The molecule has 3 aromatic rings. The predicted octanol–water partition coefficient (Wildman–Crippen LogP) is 5.93. The van der Waals surface area contributed by atoms with Crippen molar-refractivity contribution in [2.45, 2.75) is 44.9 Å². The molecule has 5 nitrogen and oxygen atoms in total. The first-order valence-corrected chi connectivity index (χ1v) is 12.3. The Morgan fingerprint density at radius 1 is 0.971 bits per heavy atom. The van der Waals surface area contributed by atoms with E-state index in [4.69, 9.17) is 4.74 Å². The number of amides is 1. The Kier molecular flexibility index (Phi) is 8.74. The second kappa shape index (κ2) is 12.4. The number of rotatable bonds is 9. The average Bonchev–Trinajstić information content (AvgIpc) is 2.88. The van der Waals surface area contributed by atoms with Crippen molar-refractivity contribution in [3.8, 4) is 0 Å². The number of anilines is 1. The van der Waals surface area contributed by atoms with Gasteiger partial charge in [0.2, 0.25) is 0 Å². The molecular formula is C29H34FN3O2. The number of nitrogens with zero attached hydrogens (tertiary/aromatic N) is 2. The highest BCUT2D eigenvalue weighted by atomic mass is 19.1. The number of hydrogen-bond acceptors (Lipinski definition) is 4. The summed E-state index contributed by atoms with van der Waals surface area (Å²) in [6.07, 6.45) is 1.34. The lowest BCUT2D eigenvalue weighted by Crippen LogP contribution is -2.44. The molecule has 0 spiro atoms. The van der Waals surface area contributed by atoms with Gasteiger partial charge in [-0.15, -0.1) is 0 Å². The maximum atomic E-state index is 13.4. The number of benzene rings is 3. The van der Waals surface area contributed by atoms with Crippen LogP contribution in [0.3, 0.4) is 0 Å². The van der Waals surface area contributed by atoms with Gasteiger partial charge in [-0.1, -0.05) is 66.7 Å². The molecule has 4 rings (SSSR count). The average molecular weight is 476 g/mol. The number of carbonyl (C=O) groups excluding carboxylic acids is 1. The van der Waals surface area contributed by atoms with Crippen LogP contribution in [0.25, 0.3) is 0 Å². The molecule has 0 aromatic heterocycles. The summed E-state index contributed by atoms with van der Waals surface area (Å²) >= 11 is 0. The molecule has 0 radical (unpaired) electrons. The molecule has 1 aliphatic rings. The van der Waals surface area contributed by atoms with Crippen molar-refractivity contribution in [1.29, 1.82) is 0 Å². The number of carbonyl (C=O) groups is 1. The van der Waals surface area contributed by atoms with Crippen LogP contribution in [0.2, 0.25) is 0 Å². The smallest absolute Gasteiger partial charge is 0.409 e. The van der Waals surface area contributed by atoms with Gasteiger partial charge in [0.1, 0.15) is 12.4 Å². The minimum Gasteiger partial charge on any atom is -0.448 e. The molecule has 35 heavy (non-hydrogen) atoms. The van der Waals surface area contributed by atoms with Crippen LogP contribution in [-0.4, -0.2) is 47.7 Å². The number of hydrogen-bond donors (Lipinski definition) is 1. The van der Waals surface area contributed by atoms with E-state index >= 15 is 0 Å². The fourth-order valence-corrected chi connectivity index (χ4v) is 4.41. The SMILES string of the molecule is C[C@@H](COC(=O)N1CCC(Nc2cccc(F)c2)CC1)N(Cc1ccccc1)Cc1ccccc1. The molecular weight excluding hydrogens is 441 g/mol. The fourth-order valence-electron chi connectivity index (χ4n) is 4.41. The number of nitrogens with one attached hydrogen (secondary N) is 1. The van der Waals surface area contributed by atoms with Gasteiger partial charge in [-0.3, -0.25) is 4.90 Å². The summed E-state index contributed by atoms with van der Waals surface area (Å²) in [7, 11) is 0. The molecule has 0 unspecified atom stereocenters. The molecule has 1 amide bonds. The minimum absolute atomic E-state index is 0.0616. The zero-order valence-electron chi connectivity index (χ0n) is 20.3. The van der Waals surface area contributed by atoms with Crippen LogP contribution in [-0.2, 0) is 17.8 Å². The molecule has 0 saturated carbocycles. The van der Waals surface area contributed by atoms with Gasteiger partial charge < -0.3 is 15.0 Å². The molecule has 1 heterocycles. The summed E-state index contributed by atoms with van der Waals surface area (Å²) in [5.74, 6) is -0.251. The van der Waals surface area contributed by atoms with Gasteiger partial charge in [0, 0.05) is 44.0 Å². The topological polar surface area (TPSA) is 44.8 Å². The lowest BCUT2D eigenvalue weighted by molar-refractivity contribution is 0.0595. The van der Waals surface area contributed by atoms with Crippen molar-refractivity contribution in [2.75, 3.05) is 25.0 Å². The van der Waals surface area contributed by atoms with Crippen LogP contribution in [0.15, 0.2) is 84.9 Å². The third-order valence-electron chi connectivity index (χ3n) is 6.48. The standard InChI is InChI=1S/C29H34FN3O2/c1-23(33(20-24-9-4-2-5-10-24)21-25-11-6-3-7-12-25)22-35-29(34)32-17-15-27(16-18-32)31-28-14-8-13-26(30)19-28/h2-14,19,23,27,31H,15-18,20-22H2,1H3/t23-/m0/s1. The monoisotopic (exact) mass is 475 g/mol. The van der Waals surface area contributed by atoms with Gasteiger partial charge >= 0.3 is 6.09 Å². The molecule has 1 saturated heterocycles. The highest BCUT2D eigenvalue weighted by Crippen LogP contribution is 2.19. The van der Waals surface area contributed by atoms with Gasteiger partial charge in [0.05, 0.1) is 0 Å². The third kappa shape index (κ3) is 7.55. The van der Waals surface area contributed by atoms with Crippen molar-refractivity contribution >= 4 is 11.8 Å². The van der Waals surface area contributed by atoms with E-state index in [0.717, 1.165) is 31.6 Å². The highest BCUT2D eigenvalue weighted by molar-refractivity contribution is 5.67. The largest absolute Gasteiger partial charge is 0.448 e. The Morgan fingerprint density at radius 2 is 1.57 bits per heavy atom. The number of ether oxygens (including phenoxy) is 1. The van der Waals surface area contributed by atoms with Gasteiger partial charge in [-0.2, -0.15) is 0 Å². The third-order valence-corrected chi connectivity index (χ3v) is 6.48.